The van der Waals surface area contributed by atoms with Crippen molar-refractivity contribution >= 4 is 35.2 Å². The van der Waals surface area contributed by atoms with E-state index in [1.807, 2.05) is 17.9 Å². The number of carbonyl (C=O) groups excluding carboxylic acids is 1. The van der Waals surface area contributed by atoms with Crippen LogP contribution in [0.3, 0.4) is 0 Å². The van der Waals surface area contributed by atoms with E-state index in [2.05, 4.69) is 41.8 Å². The molecular formula is C33H46ClN7O2. The van der Waals surface area contributed by atoms with Crippen molar-refractivity contribution < 1.29 is 9.53 Å². The second kappa shape index (κ2) is 11.2. The number of aryl methyl sites for hydroxylation is 1. The van der Waals surface area contributed by atoms with Crippen LogP contribution in [0.2, 0.25) is 5.02 Å². The number of aromatic nitrogens is 2. The Labute approximate surface area is 260 Å². The van der Waals surface area contributed by atoms with Crippen molar-refractivity contribution in [3.8, 4) is 11.1 Å². The van der Waals surface area contributed by atoms with E-state index < -0.39 is 0 Å². The van der Waals surface area contributed by atoms with Crippen molar-refractivity contribution in [3.05, 3.63) is 40.6 Å². The van der Waals surface area contributed by atoms with Crippen LogP contribution in [-0.2, 0) is 9.53 Å². The summed E-state index contributed by atoms with van der Waals surface area (Å²) < 4.78 is 8.06. The van der Waals surface area contributed by atoms with E-state index in [0.29, 0.717) is 22.3 Å². The van der Waals surface area contributed by atoms with Gasteiger partial charge in [0.05, 0.1) is 23.2 Å². The maximum atomic E-state index is 12.1. The molecule has 1 spiro atoms. The van der Waals surface area contributed by atoms with Gasteiger partial charge < -0.3 is 25.7 Å². The van der Waals surface area contributed by atoms with Gasteiger partial charge in [0.25, 0.3) is 0 Å². The first-order chi connectivity index (χ1) is 20.5. The Morgan fingerprint density at radius 2 is 1.98 bits per heavy atom. The van der Waals surface area contributed by atoms with Gasteiger partial charge in [0.2, 0.25) is 5.91 Å². The van der Waals surface area contributed by atoms with Gasteiger partial charge in [-0.05, 0) is 70.6 Å². The van der Waals surface area contributed by atoms with Gasteiger partial charge in [-0.3, -0.25) is 14.4 Å². The lowest BCUT2D eigenvalue weighted by Gasteiger charge is -2.58. The number of benzene rings is 1. The number of carbonyl (C=O) groups is 1. The smallest absolute Gasteiger partial charge is 0.245 e. The van der Waals surface area contributed by atoms with Crippen LogP contribution in [0.15, 0.2) is 18.7 Å². The zero-order valence-electron chi connectivity index (χ0n) is 26.1. The van der Waals surface area contributed by atoms with Gasteiger partial charge in [-0.1, -0.05) is 25.1 Å². The van der Waals surface area contributed by atoms with Crippen molar-refractivity contribution in [1.29, 1.82) is 5.41 Å². The summed E-state index contributed by atoms with van der Waals surface area (Å²) in [6, 6.07) is 2.55. The zero-order valence-corrected chi connectivity index (χ0v) is 26.8. The van der Waals surface area contributed by atoms with Gasteiger partial charge in [-0.15, -0.1) is 0 Å². The number of nitrogens with zero attached hydrogens (tertiary/aromatic N) is 5. The number of piperazine rings is 1. The number of anilines is 2. The van der Waals surface area contributed by atoms with E-state index in [1.165, 1.54) is 18.7 Å². The molecule has 232 valence electrons. The Morgan fingerprint density at radius 3 is 2.60 bits per heavy atom. The fourth-order valence-corrected chi connectivity index (χ4v) is 8.33. The molecule has 0 bridgehead atoms. The molecule has 43 heavy (non-hydrogen) atoms. The summed E-state index contributed by atoms with van der Waals surface area (Å²) in [6.07, 6.45) is 7.96. The van der Waals surface area contributed by atoms with Crippen LogP contribution >= 0.6 is 11.6 Å². The number of hydrogen-bond donors (Lipinski definition) is 2. The third kappa shape index (κ3) is 4.97. The number of nitrogens with two attached hydrogens (primary N) is 1. The highest BCUT2D eigenvalue weighted by Gasteiger charge is 2.55. The Kier molecular flexibility index (Phi) is 7.88. The van der Waals surface area contributed by atoms with E-state index >= 15 is 0 Å². The number of rotatable bonds is 7. The molecule has 1 aromatic carbocycles. The second-order valence-electron chi connectivity index (χ2n) is 13.6. The molecule has 10 heteroatoms. The molecule has 2 aromatic rings. The summed E-state index contributed by atoms with van der Waals surface area (Å²) in [6.45, 7) is 18.3. The van der Waals surface area contributed by atoms with Crippen LogP contribution in [0.25, 0.3) is 11.1 Å². The average molecular weight is 608 g/mol. The monoisotopic (exact) mass is 607 g/mol. The summed E-state index contributed by atoms with van der Waals surface area (Å²) >= 11 is 7.09. The molecule has 1 saturated carbocycles. The van der Waals surface area contributed by atoms with E-state index in [9.17, 15) is 4.79 Å². The number of amides is 1. The minimum atomic E-state index is -0.150. The van der Waals surface area contributed by atoms with Crippen LogP contribution in [0.1, 0.15) is 68.8 Å². The zero-order chi connectivity index (χ0) is 30.7. The Balaban J connectivity index is 1.40. The number of hydrogen-bond acceptors (Lipinski definition) is 7. The Bertz CT molecular complexity index is 1430. The fraction of sp³-hybridized carbons (Fsp3) is 0.606. The first kappa shape index (κ1) is 30.2. The third-order valence-corrected chi connectivity index (χ3v) is 11.2. The predicted molar refractivity (Wildman–Crippen MR) is 173 cm³/mol. The number of nitrogen functional groups attached to an aromatic ring is 1. The normalized spacial score (nSPS) is 25.8. The molecule has 3 saturated heterocycles. The topological polar surface area (TPSA) is 104 Å². The van der Waals surface area contributed by atoms with Crippen molar-refractivity contribution in [3.63, 3.8) is 0 Å². The fourth-order valence-electron chi connectivity index (χ4n) is 8.08. The third-order valence-electron chi connectivity index (χ3n) is 10.7. The number of halogens is 1. The summed E-state index contributed by atoms with van der Waals surface area (Å²) in [5.74, 6) is 0.937. The molecule has 1 unspecified atom stereocenters. The maximum Gasteiger partial charge on any atom is 0.245 e. The van der Waals surface area contributed by atoms with Gasteiger partial charge in [0.1, 0.15) is 0 Å². The highest BCUT2D eigenvalue weighted by Crippen LogP contribution is 2.56. The lowest BCUT2D eigenvalue weighted by molar-refractivity contribution is -0.149. The molecule has 3 N–H and O–H groups in total. The van der Waals surface area contributed by atoms with Crippen molar-refractivity contribution in [2.45, 2.75) is 77.4 Å². The number of nitrogens with one attached hydrogen (secondary N) is 1. The largest absolute Gasteiger partial charge is 0.398 e. The summed E-state index contributed by atoms with van der Waals surface area (Å²) in [5.41, 5.74) is 11.4. The summed E-state index contributed by atoms with van der Waals surface area (Å²) in [7, 11) is 0. The lowest BCUT2D eigenvalue weighted by Crippen LogP contribution is -2.64. The molecule has 9 nitrogen and oxygen atoms in total. The van der Waals surface area contributed by atoms with Gasteiger partial charge in [0.15, 0.2) is 5.82 Å². The molecule has 1 aliphatic carbocycles. The van der Waals surface area contributed by atoms with Crippen LogP contribution < -0.4 is 10.6 Å². The summed E-state index contributed by atoms with van der Waals surface area (Å²) in [4.78, 5) is 19.1. The summed E-state index contributed by atoms with van der Waals surface area (Å²) in [5, 5.41) is 14.3. The van der Waals surface area contributed by atoms with Crippen LogP contribution in [0, 0.1) is 24.7 Å². The van der Waals surface area contributed by atoms with E-state index in [4.69, 9.17) is 32.6 Å². The van der Waals surface area contributed by atoms with Gasteiger partial charge in [0, 0.05) is 85.1 Å². The van der Waals surface area contributed by atoms with Crippen molar-refractivity contribution in [1.82, 2.24) is 19.6 Å². The minimum Gasteiger partial charge on any atom is -0.398 e. The maximum absolute atomic E-state index is 12.1. The molecule has 4 aliphatic rings. The molecule has 2 atom stereocenters. The van der Waals surface area contributed by atoms with Crippen LogP contribution in [-0.4, -0.2) is 89.2 Å². The molecule has 1 amide bonds. The molecule has 6 rings (SSSR count). The number of ether oxygens (including phenoxy) is 1. The van der Waals surface area contributed by atoms with Crippen molar-refractivity contribution in [2.75, 3.05) is 56.6 Å². The lowest BCUT2D eigenvalue weighted by atomic mass is 9.60. The molecular weight excluding hydrogens is 562 g/mol. The standard InChI is InChI=1S/C33H46ClN7O2/c1-6-27(42)39-19-33(20-39)14-24(15-33)41-22(4)28(29-25(16-35)26(36)13-21(3)30(29)34)31(37-41)40-11-10-38(18-32(40,5)7-2)23-9-8-12-43-17-23/h6,13,16,23-24,35H,1,7-12,14-15,17-20,36H2,2-5H3/t23?,32-/m0/s1. The highest BCUT2D eigenvalue weighted by molar-refractivity contribution is 6.35. The second-order valence-corrected chi connectivity index (χ2v) is 13.9. The Morgan fingerprint density at radius 1 is 1.23 bits per heavy atom. The SMILES string of the molecule is C=CC(=O)N1CC2(CC(n3nc(N4CCN(C5CCCOC5)C[C@]4(C)CC)c(-c4c(Cl)c(C)cc(N)c4C=N)c3C)C2)C1. The van der Waals surface area contributed by atoms with Gasteiger partial charge >= 0.3 is 0 Å². The minimum absolute atomic E-state index is 0.0116. The molecule has 4 fully saturated rings. The van der Waals surface area contributed by atoms with Crippen LogP contribution in [0.5, 0.6) is 0 Å². The van der Waals surface area contributed by atoms with Gasteiger partial charge in [-0.2, -0.15) is 5.10 Å². The van der Waals surface area contributed by atoms with Gasteiger partial charge in [-0.25, -0.2) is 0 Å². The van der Waals surface area contributed by atoms with E-state index in [-0.39, 0.29) is 22.9 Å². The Hall–Kier alpha value is -2.88. The molecule has 0 radical (unpaired) electrons. The quantitative estimate of drug-likeness (QED) is 0.254. The molecule has 3 aliphatic heterocycles. The molecule has 1 aromatic heterocycles. The molecule has 4 heterocycles. The average Bonchev–Trinajstić information content (AvgIpc) is 3.29. The van der Waals surface area contributed by atoms with E-state index in [0.717, 1.165) is 99.8 Å². The first-order valence-electron chi connectivity index (χ1n) is 15.7. The number of likely N-dealkylation sites (tertiary alicyclic amines) is 1. The van der Waals surface area contributed by atoms with E-state index in [1.54, 1.807) is 0 Å². The predicted octanol–water partition coefficient (Wildman–Crippen LogP) is 5.22. The first-order valence-corrected chi connectivity index (χ1v) is 16.1. The van der Waals surface area contributed by atoms with Crippen LogP contribution in [0.4, 0.5) is 11.5 Å². The van der Waals surface area contributed by atoms with Crippen molar-refractivity contribution in [2.24, 2.45) is 5.41 Å². The highest BCUT2D eigenvalue weighted by atomic mass is 35.5.